The number of hydrogen-bond acceptors (Lipinski definition) is 5. The number of carbonyl (C=O) groups excluding carboxylic acids is 2. The van der Waals surface area contributed by atoms with Crippen LogP contribution in [0.2, 0.25) is 0 Å². The van der Waals surface area contributed by atoms with E-state index in [1.165, 1.54) is 24.8 Å². The van der Waals surface area contributed by atoms with E-state index in [2.05, 4.69) is 37.4 Å². The molecule has 1 aromatic heterocycles. The number of thiazole rings is 1. The van der Waals surface area contributed by atoms with Crippen LogP contribution in [0, 0.1) is 11.8 Å². The maximum absolute atomic E-state index is 13.2. The minimum atomic E-state index is -0.393. The zero-order valence-corrected chi connectivity index (χ0v) is 20.0. The summed E-state index contributed by atoms with van der Waals surface area (Å²) in [5, 5.41) is 4.12. The zero-order chi connectivity index (χ0) is 22.4. The van der Waals surface area contributed by atoms with Crippen molar-refractivity contribution in [2.24, 2.45) is 17.6 Å². The molecule has 1 heterocycles. The Labute approximate surface area is 190 Å². The first-order valence-corrected chi connectivity index (χ1v) is 12.6. The molecule has 170 valence electrons. The van der Waals surface area contributed by atoms with Crippen LogP contribution in [-0.2, 0) is 16.0 Å². The lowest BCUT2D eigenvalue weighted by molar-refractivity contribution is -0.130. The molecule has 1 aliphatic rings. The maximum Gasteiger partial charge on any atom is 0.224 e. The Bertz CT molecular complexity index is 886. The quantitative estimate of drug-likeness (QED) is 0.543. The number of carbonyl (C=O) groups is 2. The number of nitrogens with two attached hydrogens (primary N) is 1. The third-order valence-electron chi connectivity index (χ3n) is 6.58. The summed E-state index contributed by atoms with van der Waals surface area (Å²) in [6, 6.07) is 6.37. The van der Waals surface area contributed by atoms with E-state index in [0.717, 1.165) is 28.1 Å². The van der Waals surface area contributed by atoms with E-state index in [-0.39, 0.29) is 24.2 Å². The highest BCUT2D eigenvalue weighted by molar-refractivity contribution is 7.18. The van der Waals surface area contributed by atoms with Gasteiger partial charge in [-0.3, -0.25) is 9.59 Å². The van der Waals surface area contributed by atoms with Gasteiger partial charge >= 0.3 is 0 Å². The molecule has 0 radical (unpaired) electrons. The van der Waals surface area contributed by atoms with Crippen molar-refractivity contribution in [2.75, 3.05) is 6.54 Å². The first-order chi connectivity index (χ1) is 14.9. The van der Waals surface area contributed by atoms with Gasteiger partial charge in [0.15, 0.2) is 0 Å². The molecular weight excluding hydrogens is 406 g/mol. The van der Waals surface area contributed by atoms with Crippen molar-refractivity contribution >= 4 is 33.2 Å². The second-order valence-electron chi connectivity index (χ2n) is 9.24. The van der Waals surface area contributed by atoms with Crippen LogP contribution in [0.3, 0.4) is 0 Å². The average Bonchev–Trinajstić information content (AvgIpc) is 3.18. The van der Waals surface area contributed by atoms with Crippen molar-refractivity contribution in [3.05, 3.63) is 28.8 Å². The lowest BCUT2D eigenvalue weighted by Gasteiger charge is -2.31. The maximum atomic E-state index is 13.2. The number of nitrogens with one attached hydrogen (secondary N) is 1. The number of hydrogen-bond donors (Lipinski definition) is 2. The van der Waals surface area contributed by atoms with Gasteiger partial charge in [0.25, 0.3) is 0 Å². The number of benzene rings is 1. The standard InChI is InChI=1S/C25H37N3O2S/c1-4-20(29)12-19(25(30)28-22(15-26)17-8-6-5-7-9-17)14-24-27-21-11-10-18(16(2)3)13-23(21)31-24/h10-11,13,16-17,19,22H,4-9,12,14-15,26H2,1-3H3,(H,28,30)/t19-,22+/m0/s1. The third kappa shape index (κ3) is 6.36. The van der Waals surface area contributed by atoms with E-state index >= 15 is 0 Å². The highest BCUT2D eigenvalue weighted by Gasteiger charge is 2.29. The number of fused-ring (bicyclic) bond motifs is 1. The molecule has 31 heavy (non-hydrogen) atoms. The second-order valence-corrected chi connectivity index (χ2v) is 10.4. The average molecular weight is 444 g/mol. The van der Waals surface area contributed by atoms with Gasteiger partial charge in [0.1, 0.15) is 5.78 Å². The normalized spacial score (nSPS) is 17.1. The Kier molecular flexibility index (Phi) is 8.61. The molecule has 2 aromatic rings. The van der Waals surface area contributed by atoms with Crippen LogP contribution >= 0.6 is 11.3 Å². The monoisotopic (exact) mass is 443 g/mol. The van der Waals surface area contributed by atoms with Crippen LogP contribution < -0.4 is 11.1 Å². The Morgan fingerprint density at radius 3 is 2.61 bits per heavy atom. The summed E-state index contributed by atoms with van der Waals surface area (Å²) in [6.45, 7) is 6.66. The zero-order valence-electron chi connectivity index (χ0n) is 19.2. The van der Waals surface area contributed by atoms with E-state index in [0.29, 0.717) is 31.2 Å². The van der Waals surface area contributed by atoms with Gasteiger partial charge in [0.2, 0.25) is 5.91 Å². The Balaban J connectivity index is 1.75. The molecule has 0 bridgehead atoms. The minimum Gasteiger partial charge on any atom is -0.352 e. The van der Waals surface area contributed by atoms with Crippen LogP contribution in [0.5, 0.6) is 0 Å². The molecule has 0 saturated heterocycles. The predicted octanol–water partition coefficient (Wildman–Crippen LogP) is 4.97. The molecule has 1 saturated carbocycles. The van der Waals surface area contributed by atoms with Crippen LogP contribution in [0.25, 0.3) is 10.2 Å². The van der Waals surface area contributed by atoms with Crippen molar-refractivity contribution in [1.82, 2.24) is 10.3 Å². The number of rotatable bonds is 10. The van der Waals surface area contributed by atoms with Gasteiger partial charge in [0.05, 0.1) is 21.1 Å². The van der Waals surface area contributed by atoms with Crippen LogP contribution in [0.15, 0.2) is 18.2 Å². The Morgan fingerprint density at radius 2 is 1.97 bits per heavy atom. The van der Waals surface area contributed by atoms with Crippen LogP contribution in [-0.4, -0.2) is 29.3 Å². The topological polar surface area (TPSA) is 85.1 Å². The van der Waals surface area contributed by atoms with E-state index in [4.69, 9.17) is 10.7 Å². The highest BCUT2D eigenvalue weighted by Crippen LogP contribution is 2.29. The van der Waals surface area contributed by atoms with E-state index in [1.807, 2.05) is 6.92 Å². The van der Waals surface area contributed by atoms with E-state index < -0.39 is 5.92 Å². The third-order valence-corrected chi connectivity index (χ3v) is 7.62. The summed E-state index contributed by atoms with van der Waals surface area (Å²) in [6.07, 6.45) is 7.13. The van der Waals surface area contributed by atoms with Gasteiger partial charge in [-0.2, -0.15) is 0 Å². The number of Topliss-reactive ketones (excluding diaryl/α,β-unsaturated/α-hetero) is 1. The lowest BCUT2D eigenvalue weighted by atomic mass is 9.83. The van der Waals surface area contributed by atoms with E-state index in [1.54, 1.807) is 11.3 Å². The molecular formula is C25H37N3O2S. The van der Waals surface area contributed by atoms with E-state index in [9.17, 15) is 9.59 Å². The molecule has 1 amide bonds. The lowest BCUT2D eigenvalue weighted by Crippen LogP contribution is -2.48. The fourth-order valence-corrected chi connectivity index (χ4v) is 5.62. The van der Waals surface area contributed by atoms with Gasteiger partial charge in [-0.05, 0) is 42.4 Å². The molecule has 6 heteroatoms. The Morgan fingerprint density at radius 1 is 1.23 bits per heavy atom. The fourth-order valence-electron chi connectivity index (χ4n) is 4.53. The number of ketones is 1. The van der Waals surface area contributed by atoms with Crippen molar-refractivity contribution < 1.29 is 9.59 Å². The second kappa shape index (κ2) is 11.2. The van der Waals surface area contributed by atoms with Crippen molar-refractivity contribution in [3.63, 3.8) is 0 Å². The number of amides is 1. The van der Waals surface area contributed by atoms with Gasteiger partial charge in [0, 0.05) is 31.8 Å². The summed E-state index contributed by atoms with van der Waals surface area (Å²) in [5.74, 6) is 0.580. The van der Waals surface area contributed by atoms with Gasteiger partial charge in [-0.1, -0.05) is 46.1 Å². The first-order valence-electron chi connectivity index (χ1n) is 11.8. The molecule has 0 spiro atoms. The molecule has 1 fully saturated rings. The molecule has 3 N–H and O–H groups in total. The van der Waals surface area contributed by atoms with Gasteiger partial charge < -0.3 is 11.1 Å². The largest absolute Gasteiger partial charge is 0.352 e. The van der Waals surface area contributed by atoms with Crippen LogP contribution in [0.1, 0.15) is 82.2 Å². The molecule has 0 unspecified atom stereocenters. The SMILES string of the molecule is CCC(=O)C[C@@H](Cc1nc2ccc(C(C)C)cc2s1)C(=O)N[C@H](CN)C1CCCCC1. The first kappa shape index (κ1) is 23.9. The summed E-state index contributed by atoms with van der Waals surface area (Å²) in [7, 11) is 0. The minimum absolute atomic E-state index is 0.00371. The smallest absolute Gasteiger partial charge is 0.224 e. The fraction of sp³-hybridized carbons (Fsp3) is 0.640. The number of nitrogens with zero attached hydrogens (tertiary/aromatic N) is 1. The summed E-state index contributed by atoms with van der Waals surface area (Å²) < 4.78 is 1.14. The predicted molar refractivity (Wildman–Crippen MR) is 128 cm³/mol. The molecule has 5 nitrogen and oxygen atoms in total. The van der Waals surface area contributed by atoms with Crippen molar-refractivity contribution in [2.45, 2.75) is 84.1 Å². The molecule has 3 rings (SSSR count). The van der Waals surface area contributed by atoms with Gasteiger partial charge in [-0.15, -0.1) is 11.3 Å². The summed E-state index contributed by atoms with van der Waals surface area (Å²) in [5.41, 5.74) is 8.28. The van der Waals surface area contributed by atoms with Crippen molar-refractivity contribution in [1.29, 1.82) is 0 Å². The van der Waals surface area contributed by atoms with Gasteiger partial charge in [-0.25, -0.2) is 4.98 Å². The molecule has 2 atom stereocenters. The summed E-state index contributed by atoms with van der Waals surface area (Å²) in [4.78, 5) is 30.2. The van der Waals surface area contributed by atoms with Crippen LogP contribution in [0.4, 0.5) is 0 Å². The molecule has 1 aliphatic carbocycles. The van der Waals surface area contributed by atoms with Crippen molar-refractivity contribution in [3.8, 4) is 0 Å². The molecule has 1 aromatic carbocycles. The summed E-state index contributed by atoms with van der Waals surface area (Å²) >= 11 is 1.63. The molecule has 0 aliphatic heterocycles. The highest BCUT2D eigenvalue weighted by atomic mass is 32.1. The Hall–Kier alpha value is -1.79. The number of aromatic nitrogens is 1.